The van der Waals surface area contributed by atoms with Crippen LogP contribution in [0.3, 0.4) is 0 Å². The van der Waals surface area contributed by atoms with Gasteiger partial charge in [0.05, 0.1) is 7.11 Å². The van der Waals surface area contributed by atoms with Gasteiger partial charge in [-0.25, -0.2) is 0 Å². The van der Waals surface area contributed by atoms with E-state index in [1.54, 1.807) is 7.11 Å². The summed E-state index contributed by atoms with van der Waals surface area (Å²) >= 11 is 0. The minimum atomic E-state index is 0.185. The molecule has 0 saturated heterocycles. The van der Waals surface area contributed by atoms with E-state index in [4.69, 9.17) is 19.9 Å². The molecule has 26 heavy (non-hydrogen) atoms. The molecular formula is C22H31NO3. The van der Waals surface area contributed by atoms with Crippen molar-refractivity contribution in [3.8, 4) is 17.2 Å². The molecule has 0 aliphatic carbocycles. The van der Waals surface area contributed by atoms with E-state index in [-0.39, 0.29) is 5.41 Å². The molecule has 0 aliphatic rings. The van der Waals surface area contributed by atoms with E-state index in [2.05, 4.69) is 32.9 Å². The number of nitrogens with two attached hydrogens (primary N) is 1. The van der Waals surface area contributed by atoms with Crippen LogP contribution in [0.15, 0.2) is 42.5 Å². The maximum Gasteiger partial charge on any atom is 0.164 e. The Bertz CT molecular complexity index is 680. The van der Waals surface area contributed by atoms with Crippen LogP contribution in [0.5, 0.6) is 17.2 Å². The van der Waals surface area contributed by atoms with Crippen molar-refractivity contribution in [3.05, 3.63) is 53.6 Å². The van der Waals surface area contributed by atoms with E-state index in [1.165, 1.54) is 5.56 Å². The summed E-state index contributed by atoms with van der Waals surface area (Å²) in [5.41, 5.74) is 8.25. The van der Waals surface area contributed by atoms with Gasteiger partial charge in [-0.3, -0.25) is 0 Å². The lowest BCUT2D eigenvalue weighted by Gasteiger charge is -2.23. The van der Waals surface area contributed by atoms with Crippen molar-refractivity contribution in [2.75, 3.05) is 26.9 Å². The van der Waals surface area contributed by atoms with Crippen molar-refractivity contribution in [1.29, 1.82) is 0 Å². The van der Waals surface area contributed by atoms with Gasteiger partial charge in [-0.2, -0.15) is 0 Å². The highest BCUT2D eigenvalue weighted by Gasteiger charge is 2.17. The quantitative estimate of drug-likeness (QED) is 0.643. The van der Waals surface area contributed by atoms with E-state index < -0.39 is 0 Å². The highest BCUT2D eigenvalue weighted by molar-refractivity contribution is 5.46. The van der Waals surface area contributed by atoms with Crippen molar-refractivity contribution in [2.24, 2.45) is 5.73 Å². The molecule has 0 amide bonds. The molecule has 0 radical (unpaired) electrons. The monoisotopic (exact) mass is 357 g/mol. The van der Waals surface area contributed by atoms with E-state index in [9.17, 15) is 0 Å². The standard InChI is InChI=1S/C22H31NO3/c1-5-22(2,3)18-9-11-19(12-10-18)25-15-16-26-21-17(13-14-23)7-6-8-20(21)24-4/h6-12H,5,13-16,23H2,1-4H3. The van der Waals surface area contributed by atoms with Crippen LogP contribution in [0.1, 0.15) is 38.3 Å². The van der Waals surface area contributed by atoms with E-state index in [0.29, 0.717) is 19.8 Å². The minimum absolute atomic E-state index is 0.185. The van der Waals surface area contributed by atoms with Crippen LogP contribution >= 0.6 is 0 Å². The highest BCUT2D eigenvalue weighted by Crippen LogP contribution is 2.31. The zero-order valence-corrected chi connectivity index (χ0v) is 16.4. The first-order valence-corrected chi connectivity index (χ1v) is 9.24. The van der Waals surface area contributed by atoms with Gasteiger partial charge in [-0.05, 0) is 54.1 Å². The van der Waals surface area contributed by atoms with Crippen molar-refractivity contribution in [2.45, 2.75) is 39.0 Å². The summed E-state index contributed by atoms with van der Waals surface area (Å²) in [5, 5.41) is 0. The van der Waals surface area contributed by atoms with Gasteiger partial charge in [-0.15, -0.1) is 0 Å². The topological polar surface area (TPSA) is 53.7 Å². The van der Waals surface area contributed by atoms with Gasteiger partial charge in [0.15, 0.2) is 11.5 Å². The van der Waals surface area contributed by atoms with Crippen molar-refractivity contribution in [3.63, 3.8) is 0 Å². The highest BCUT2D eigenvalue weighted by atomic mass is 16.5. The summed E-state index contributed by atoms with van der Waals surface area (Å²) in [7, 11) is 1.64. The van der Waals surface area contributed by atoms with Crippen LogP contribution in [-0.2, 0) is 11.8 Å². The molecule has 0 bridgehead atoms. The zero-order valence-electron chi connectivity index (χ0n) is 16.4. The Morgan fingerprint density at radius 1 is 0.962 bits per heavy atom. The third-order valence-electron chi connectivity index (χ3n) is 4.81. The second-order valence-electron chi connectivity index (χ2n) is 6.95. The molecule has 2 aromatic rings. The molecule has 0 atom stereocenters. The molecule has 2 aromatic carbocycles. The lowest BCUT2D eigenvalue weighted by atomic mass is 9.82. The number of benzene rings is 2. The molecule has 0 unspecified atom stereocenters. The predicted molar refractivity (Wildman–Crippen MR) is 107 cm³/mol. The first-order valence-electron chi connectivity index (χ1n) is 9.24. The second-order valence-corrected chi connectivity index (χ2v) is 6.95. The van der Waals surface area contributed by atoms with Crippen molar-refractivity contribution in [1.82, 2.24) is 0 Å². The fourth-order valence-electron chi connectivity index (χ4n) is 2.75. The molecule has 0 spiro atoms. The Labute approximate surface area is 157 Å². The minimum Gasteiger partial charge on any atom is -0.493 e. The normalized spacial score (nSPS) is 11.3. The maximum absolute atomic E-state index is 5.92. The molecule has 142 valence electrons. The van der Waals surface area contributed by atoms with Crippen LogP contribution in [0.2, 0.25) is 0 Å². The number of hydrogen-bond donors (Lipinski definition) is 1. The molecule has 2 N–H and O–H groups in total. The number of hydrogen-bond acceptors (Lipinski definition) is 4. The summed E-state index contributed by atoms with van der Waals surface area (Å²) in [5.74, 6) is 2.33. The summed E-state index contributed by atoms with van der Waals surface area (Å²) in [6.45, 7) is 8.20. The Morgan fingerprint density at radius 2 is 1.65 bits per heavy atom. The SMILES string of the molecule is CCC(C)(C)c1ccc(OCCOc2c(CCN)cccc2OC)cc1. The number of rotatable bonds is 10. The van der Waals surface area contributed by atoms with Gasteiger partial charge in [-0.1, -0.05) is 45.0 Å². The van der Waals surface area contributed by atoms with Crippen molar-refractivity contribution >= 4 is 0 Å². The number of para-hydroxylation sites is 1. The Morgan fingerprint density at radius 3 is 2.27 bits per heavy atom. The Hall–Kier alpha value is -2.20. The average molecular weight is 357 g/mol. The van der Waals surface area contributed by atoms with Gasteiger partial charge >= 0.3 is 0 Å². The lowest BCUT2D eigenvalue weighted by Crippen LogP contribution is -2.15. The zero-order chi connectivity index (χ0) is 19.0. The molecule has 4 heteroatoms. The van der Waals surface area contributed by atoms with Crippen LogP contribution in [0.4, 0.5) is 0 Å². The van der Waals surface area contributed by atoms with E-state index in [1.807, 2.05) is 30.3 Å². The largest absolute Gasteiger partial charge is 0.493 e. The lowest BCUT2D eigenvalue weighted by molar-refractivity contribution is 0.210. The summed E-state index contributed by atoms with van der Waals surface area (Å²) in [4.78, 5) is 0. The van der Waals surface area contributed by atoms with Gasteiger partial charge in [0.1, 0.15) is 19.0 Å². The van der Waals surface area contributed by atoms with Crippen LogP contribution < -0.4 is 19.9 Å². The van der Waals surface area contributed by atoms with Gasteiger partial charge in [0.2, 0.25) is 0 Å². The third kappa shape index (κ3) is 5.15. The fourth-order valence-corrected chi connectivity index (χ4v) is 2.75. The molecule has 0 aliphatic heterocycles. The third-order valence-corrected chi connectivity index (χ3v) is 4.81. The first-order chi connectivity index (χ1) is 12.5. The molecule has 2 rings (SSSR count). The summed E-state index contributed by atoms with van der Waals surface area (Å²) in [6, 6.07) is 14.2. The molecule has 0 fully saturated rings. The van der Waals surface area contributed by atoms with E-state index in [0.717, 1.165) is 35.7 Å². The molecule has 4 nitrogen and oxygen atoms in total. The van der Waals surface area contributed by atoms with Gasteiger partial charge < -0.3 is 19.9 Å². The molecule has 0 heterocycles. The average Bonchev–Trinajstić information content (AvgIpc) is 2.66. The fraction of sp³-hybridized carbons (Fsp3) is 0.455. The molecule has 0 saturated carbocycles. The van der Waals surface area contributed by atoms with Crippen LogP contribution in [-0.4, -0.2) is 26.9 Å². The van der Waals surface area contributed by atoms with Crippen LogP contribution in [0.25, 0.3) is 0 Å². The Kier molecular flexibility index (Phi) is 7.34. The maximum atomic E-state index is 5.92. The molecular weight excluding hydrogens is 326 g/mol. The predicted octanol–water partition coefficient (Wildman–Crippen LogP) is 4.34. The van der Waals surface area contributed by atoms with Gasteiger partial charge in [0.25, 0.3) is 0 Å². The second kappa shape index (κ2) is 9.48. The van der Waals surface area contributed by atoms with Crippen molar-refractivity contribution < 1.29 is 14.2 Å². The van der Waals surface area contributed by atoms with Crippen LogP contribution in [0, 0.1) is 0 Å². The number of methoxy groups -OCH3 is 1. The smallest absolute Gasteiger partial charge is 0.164 e. The van der Waals surface area contributed by atoms with Gasteiger partial charge in [0, 0.05) is 0 Å². The summed E-state index contributed by atoms with van der Waals surface area (Å²) in [6.07, 6.45) is 1.85. The number of ether oxygens (including phenoxy) is 3. The molecule has 0 aromatic heterocycles. The Balaban J connectivity index is 1.91. The first kappa shape index (κ1) is 20.1. The van der Waals surface area contributed by atoms with E-state index >= 15 is 0 Å². The summed E-state index contributed by atoms with van der Waals surface area (Å²) < 4.78 is 17.1.